The van der Waals surface area contributed by atoms with E-state index in [1.165, 1.54) is 17.6 Å². The first kappa shape index (κ1) is 18.8. The fraction of sp³-hybridized carbons (Fsp3) is 0.357. The SMILES string of the molecule is O=C1[C@@H]2[C@H](C(=O)N1C1CCCCC1)[C@H]1C=C[C@H]2C1=C(c1ccccc1)c1ccccc1. The molecule has 6 rings (SSSR count). The van der Waals surface area contributed by atoms with Crippen LogP contribution in [-0.4, -0.2) is 22.8 Å². The van der Waals surface area contributed by atoms with Gasteiger partial charge in [-0.05, 0) is 35.1 Å². The Morgan fingerprint density at radius 1 is 0.677 bits per heavy atom. The Kier molecular flexibility index (Phi) is 4.45. The van der Waals surface area contributed by atoms with Gasteiger partial charge in [-0.15, -0.1) is 0 Å². The maximum atomic E-state index is 13.6. The minimum Gasteiger partial charge on any atom is -0.279 e. The van der Waals surface area contributed by atoms with Crippen LogP contribution in [0.25, 0.3) is 5.57 Å². The molecular formula is C28H27NO2. The van der Waals surface area contributed by atoms with E-state index in [0.29, 0.717) is 0 Å². The molecule has 1 aliphatic heterocycles. The zero-order valence-electron chi connectivity index (χ0n) is 17.6. The Labute approximate surface area is 183 Å². The van der Waals surface area contributed by atoms with Crippen LogP contribution in [0.15, 0.2) is 78.4 Å². The first-order valence-corrected chi connectivity index (χ1v) is 11.7. The number of nitrogens with zero attached hydrogens (tertiary/aromatic N) is 1. The van der Waals surface area contributed by atoms with Crippen molar-refractivity contribution in [3.8, 4) is 0 Å². The fourth-order valence-corrected chi connectivity index (χ4v) is 6.53. The normalized spacial score (nSPS) is 29.7. The van der Waals surface area contributed by atoms with Crippen molar-refractivity contribution < 1.29 is 9.59 Å². The number of hydrogen-bond acceptors (Lipinski definition) is 2. The predicted octanol–water partition coefficient (Wildman–Crippen LogP) is 5.24. The van der Waals surface area contributed by atoms with Crippen LogP contribution < -0.4 is 0 Å². The van der Waals surface area contributed by atoms with E-state index in [1.807, 2.05) is 12.1 Å². The second-order valence-electron chi connectivity index (χ2n) is 9.39. The Morgan fingerprint density at radius 2 is 1.16 bits per heavy atom. The van der Waals surface area contributed by atoms with Crippen LogP contribution in [0.5, 0.6) is 0 Å². The van der Waals surface area contributed by atoms with Gasteiger partial charge in [0.25, 0.3) is 0 Å². The summed E-state index contributed by atoms with van der Waals surface area (Å²) in [5.74, 6) is -0.233. The van der Waals surface area contributed by atoms with Gasteiger partial charge in [0.1, 0.15) is 0 Å². The van der Waals surface area contributed by atoms with E-state index in [4.69, 9.17) is 0 Å². The van der Waals surface area contributed by atoms with Crippen LogP contribution in [0.1, 0.15) is 43.2 Å². The first-order valence-electron chi connectivity index (χ1n) is 11.7. The lowest BCUT2D eigenvalue weighted by Crippen LogP contribution is -2.42. The maximum Gasteiger partial charge on any atom is 0.234 e. The van der Waals surface area contributed by atoms with Crippen molar-refractivity contribution >= 4 is 17.4 Å². The molecule has 3 nitrogen and oxygen atoms in total. The number of likely N-dealkylation sites (tertiary alicyclic amines) is 1. The molecule has 2 saturated carbocycles. The topological polar surface area (TPSA) is 37.4 Å². The molecule has 0 radical (unpaired) electrons. The van der Waals surface area contributed by atoms with E-state index in [1.54, 1.807) is 4.90 Å². The number of carbonyl (C=O) groups excluding carboxylic acids is 2. The number of hydrogen-bond donors (Lipinski definition) is 0. The van der Waals surface area contributed by atoms with Gasteiger partial charge in [0, 0.05) is 17.9 Å². The van der Waals surface area contributed by atoms with Crippen LogP contribution in [0.2, 0.25) is 0 Å². The van der Waals surface area contributed by atoms with Crippen LogP contribution >= 0.6 is 0 Å². The number of fused-ring (bicyclic) bond motifs is 5. The number of benzene rings is 2. The summed E-state index contributed by atoms with van der Waals surface area (Å²) in [5.41, 5.74) is 4.77. The van der Waals surface area contributed by atoms with Gasteiger partial charge in [-0.1, -0.05) is 92.1 Å². The zero-order valence-corrected chi connectivity index (χ0v) is 17.6. The number of allylic oxidation sites excluding steroid dienone is 3. The molecule has 2 amide bonds. The molecule has 3 heteroatoms. The van der Waals surface area contributed by atoms with Crippen molar-refractivity contribution in [3.63, 3.8) is 0 Å². The lowest BCUT2D eigenvalue weighted by molar-refractivity contribution is -0.143. The van der Waals surface area contributed by atoms with E-state index < -0.39 is 0 Å². The molecule has 0 spiro atoms. The van der Waals surface area contributed by atoms with Gasteiger partial charge in [0.15, 0.2) is 0 Å². The molecule has 0 unspecified atom stereocenters. The van der Waals surface area contributed by atoms with Gasteiger partial charge in [0.2, 0.25) is 11.8 Å². The minimum absolute atomic E-state index is 0.0236. The fourth-order valence-electron chi connectivity index (χ4n) is 6.53. The van der Waals surface area contributed by atoms with Crippen molar-refractivity contribution in [1.29, 1.82) is 0 Å². The molecule has 4 aliphatic rings. The van der Waals surface area contributed by atoms with Gasteiger partial charge in [-0.2, -0.15) is 0 Å². The average molecular weight is 410 g/mol. The van der Waals surface area contributed by atoms with Gasteiger partial charge in [0.05, 0.1) is 11.8 Å². The third-order valence-electron chi connectivity index (χ3n) is 7.80. The summed E-state index contributed by atoms with van der Waals surface area (Å²) in [5, 5.41) is 0. The molecule has 1 heterocycles. The molecule has 3 fully saturated rings. The summed E-state index contributed by atoms with van der Waals surface area (Å²) >= 11 is 0. The van der Waals surface area contributed by atoms with Gasteiger partial charge in [-0.3, -0.25) is 14.5 Å². The summed E-state index contributed by atoms with van der Waals surface area (Å²) in [7, 11) is 0. The molecule has 4 atom stereocenters. The summed E-state index contributed by atoms with van der Waals surface area (Å²) in [6.45, 7) is 0. The van der Waals surface area contributed by atoms with E-state index in [-0.39, 0.29) is 41.5 Å². The van der Waals surface area contributed by atoms with Crippen molar-refractivity contribution in [3.05, 3.63) is 89.5 Å². The van der Waals surface area contributed by atoms with E-state index in [2.05, 4.69) is 60.7 Å². The van der Waals surface area contributed by atoms with E-state index in [0.717, 1.165) is 36.8 Å². The molecule has 0 N–H and O–H groups in total. The predicted molar refractivity (Wildman–Crippen MR) is 121 cm³/mol. The zero-order chi connectivity index (χ0) is 20.9. The number of imide groups is 1. The Morgan fingerprint density at radius 3 is 1.65 bits per heavy atom. The average Bonchev–Trinajstić information content (AvgIpc) is 3.45. The van der Waals surface area contributed by atoms with Crippen LogP contribution in [0, 0.1) is 23.7 Å². The second-order valence-corrected chi connectivity index (χ2v) is 9.39. The summed E-state index contributed by atoms with van der Waals surface area (Å²) in [6.07, 6.45) is 9.81. The van der Waals surface area contributed by atoms with Crippen molar-refractivity contribution in [2.45, 2.75) is 38.1 Å². The van der Waals surface area contributed by atoms with Crippen LogP contribution in [0.3, 0.4) is 0 Å². The lowest BCUT2D eigenvalue weighted by Gasteiger charge is -2.31. The van der Waals surface area contributed by atoms with E-state index >= 15 is 0 Å². The lowest BCUT2D eigenvalue weighted by atomic mass is 9.85. The summed E-state index contributed by atoms with van der Waals surface area (Å²) in [4.78, 5) is 28.8. The van der Waals surface area contributed by atoms with Crippen molar-refractivity contribution in [1.82, 2.24) is 4.90 Å². The van der Waals surface area contributed by atoms with Crippen LogP contribution in [0.4, 0.5) is 0 Å². The number of carbonyl (C=O) groups is 2. The molecule has 2 aromatic carbocycles. The van der Waals surface area contributed by atoms with Gasteiger partial charge >= 0.3 is 0 Å². The number of rotatable bonds is 3. The summed E-state index contributed by atoms with van der Waals surface area (Å²) < 4.78 is 0. The van der Waals surface area contributed by atoms with Crippen molar-refractivity contribution in [2.75, 3.05) is 0 Å². The minimum atomic E-state index is -0.221. The highest BCUT2D eigenvalue weighted by molar-refractivity contribution is 6.08. The summed E-state index contributed by atoms with van der Waals surface area (Å²) in [6, 6.07) is 21.0. The quantitative estimate of drug-likeness (QED) is 0.514. The third-order valence-corrected chi connectivity index (χ3v) is 7.80. The smallest absolute Gasteiger partial charge is 0.234 e. The van der Waals surface area contributed by atoms with Gasteiger partial charge in [-0.25, -0.2) is 0 Å². The standard InChI is InChI=1S/C28H27NO2/c30-27-25-21-16-17-22(26(25)28(31)29(27)20-14-8-3-9-15-20)24(21)23(18-10-4-1-5-11-18)19-12-6-2-7-13-19/h1-2,4-7,10-13,16-17,20-22,25-26H,3,8-9,14-15H2/t21-,22-,25-,26+/m0/s1. The van der Waals surface area contributed by atoms with E-state index in [9.17, 15) is 9.59 Å². The molecule has 1 saturated heterocycles. The monoisotopic (exact) mass is 409 g/mol. The second kappa shape index (κ2) is 7.33. The first-order chi connectivity index (χ1) is 15.3. The van der Waals surface area contributed by atoms with Crippen molar-refractivity contribution in [2.24, 2.45) is 23.7 Å². The molecule has 2 bridgehead atoms. The van der Waals surface area contributed by atoms with Gasteiger partial charge < -0.3 is 0 Å². The highest BCUT2D eigenvalue weighted by Crippen LogP contribution is 2.59. The largest absolute Gasteiger partial charge is 0.279 e. The Bertz CT molecular complexity index is 1000. The molecule has 3 aliphatic carbocycles. The Hall–Kier alpha value is -2.94. The maximum absolute atomic E-state index is 13.6. The molecule has 31 heavy (non-hydrogen) atoms. The highest BCUT2D eigenvalue weighted by atomic mass is 16.2. The third kappa shape index (κ3) is 2.79. The highest BCUT2D eigenvalue weighted by Gasteiger charge is 2.63. The molecule has 2 aromatic rings. The molecular weight excluding hydrogens is 382 g/mol. The molecule has 156 valence electrons. The van der Waals surface area contributed by atoms with Crippen LogP contribution in [-0.2, 0) is 9.59 Å². The molecule has 0 aromatic heterocycles. The number of amides is 2. The Balaban J connectivity index is 1.45.